The molecule has 0 aromatic carbocycles. The number of methoxy groups -OCH3 is 1. The van der Waals surface area contributed by atoms with Crippen molar-refractivity contribution < 1.29 is 14.1 Å². The average Bonchev–Trinajstić information content (AvgIpc) is 3.12. The highest BCUT2D eigenvalue weighted by Gasteiger charge is 2.26. The number of thiocarbonyl (C=S) groups is 1. The van der Waals surface area contributed by atoms with Crippen LogP contribution in [0.4, 0.5) is 10.8 Å². The fourth-order valence-electron chi connectivity index (χ4n) is 3.09. The minimum atomic E-state index is -0.323. The van der Waals surface area contributed by atoms with Gasteiger partial charge in [-0.25, -0.2) is 4.79 Å². The Morgan fingerprint density at radius 3 is 2.67 bits per heavy atom. The zero-order valence-electron chi connectivity index (χ0n) is 16.1. The molecule has 6 nitrogen and oxygen atoms in total. The Balaban J connectivity index is 1.79. The number of ether oxygens (including phenoxy) is 1. The first-order valence-electron chi connectivity index (χ1n) is 9.07. The van der Waals surface area contributed by atoms with Crippen LogP contribution in [0.25, 0.3) is 0 Å². The van der Waals surface area contributed by atoms with Gasteiger partial charge in [-0.3, -0.25) is 0 Å². The molecule has 27 heavy (non-hydrogen) atoms. The number of aryl methyl sites for hydroxylation is 1. The second-order valence-corrected chi connectivity index (χ2v) is 9.18. The van der Waals surface area contributed by atoms with E-state index >= 15 is 0 Å². The number of carbonyl (C=O) groups is 1. The molecule has 0 spiro atoms. The minimum Gasteiger partial charge on any atom is -0.465 e. The van der Waals surface area contributed by atoms with E-state index in [1.165, 1.54) is 18.4 Å². The van der Waals surface area contributed by atoms with Crippen LogP contribution in [-0.2, 0) is 23.0 Å². The minimum absolute atomic E-state index is 0.134. The third-order valence-electron chi connectivity index (χ3n) is 4.53. The number of anilines is 2. The molecule has 2 aromatic heterocycles. The molecule has 0 amide bonds. The molecular formula is C19H25N3O3S2. The lowest BCUT2D eigenvalue weighted by Crippen LogP contribution is -2.20. The molecule has 0 radical (unpaired) electrons. The molecule has 0 bridgehead atoms. The number of nitrogens with one attached hydrogen (secondary N) is 2. The van der Waals surface area contributed by atoms with Crippen molar-refractivity contribution in [2.45, 2.75) is 58.3 Å². The molecule has 2 heterocycles. The number of aromatic nitrogens is 1. The van der Waals surface area contributed by atoms with E-state index in [0.29, 0.717) is 16.5 Å². The Morgan fingerprint density at radius 1 is 1.26 bits per heavy atom. The first-order chi connectivity index (χ1) is 12.8. The molecule has 0 saturated heterocycles. The van der Waals surface area contributed by atoms with Crippen LogP contribution in [0.1, 0.15) is 66.6 Å². The summed E-state index contributed by atoms with van der Waals surface area (Å²) in [6, 6.07) is 1.83. The maximum absolute atomic E-state index is 12.4. The molecule has 0 fully saturated rings. The van der Waals surface area contributed by atoms with Gasteiger partial charge < -0.3 is 19.9 Å². The molecule has 1 aliphatic carbocycles. The summed E-state index contributed by atoms with van der Waals surface area (Å²) in [6.07, 6.45) is 5.31. The summed E-state index contributed by atoms with van der Waals surface area (Å²) in [5, 5.41) is 11.3. The molecular weight excluding hydrogens is 382 g/mol. The lowest BCUT2D eigenvalue weighted by Gasteiger charge is -2.12. The second-order valence-electron chi connectivity index (χ2n) is 7.67. The second kappa shape index (κ2) is 7.98. The Labute approximate surface area is 168 Å². The molecule has 2 aromatic rings. The van der Waals surface area contributed by atoms with Gasteiger partial charge >= 0.3 is 5.97 Å². The smallest absolute Gasteiger partial charge is 0.341 e. The zero-order valence-corrected chi connectivity index (χ0v) is 17.7. The number of hydrogen-bond acceptors (Lipinski definition) is 6. The third kappa shape index (κ3) is 4.50. The number of esters is 1. The van der Waals surface area contributed by atoms with Crippen LogP contribution in [0.5, 0.6) is 0 Å². The highest BCUT2D eigenvalue weighted by molar-refractivity contribution is 7.80. The van der Waals surface area contributed by atoms with Crippen LogP contribution >= 0.6 is 23.6 Å². The summed E-state index contributed by atoms with van der Waals surface area (Å²) in [7, 11) is 1.41. The van der Waals surface area contributed by atoms with Gasteiger partial charge in [-0.1, -0.05) is 32.3 Å². The van der Waals surface area contributed by atoms with Crippen LogP contribution < -0.4 is 10.6 Å². The molecule has 3 rings (SSSR count). The predicted molar refractivity (Wildman–Crippen MR) is 112 cm³/mol. The van der Waals surface area contributed by atoms with E-state index in [1.807, 2.05) is 6.07 Å². The van der Waals surface area contributed by atoms with Gasteiger partial charge in [0.2, 0.25) is 0 Å². The zero-order chi connectivity index (χ0) is 19.6. The Hall–Kier alpha value is -1.93. The van der Waals surface area contributed by atoms with Crippen LogP contribution in [0, 0.1) is 0 Å². The summed E-state index contributed by atoms with van der Waals surface area (Å²) in [6.45, 7) is 6.15. The fourth-order valence-corrected chi connectivity index (χ4v) is 4.64. The monoisotopic (exact) mass is 407 g/mol. The molecule has 0 atom stereocenters. The summed E-state index contributed by atoms with van der Waals surface area (Å²) < 4.78 is 10.4. The van der Waals surface area contributed by atoms with E-state index in [4.69, 9.17) is 21.5 Å². The molecule has 0 unspecified atom stereocenters. The standard InChI is InChI=1S/C19H25N3O3S2/c1-19(2,3)13-10-14(22-25-13)20-18(26)21-16-15(17(23)24-4)11-8-6-5-7-9-12(11)27-16/h10H,5-9H2,1-4H3,(H2,20,21,22,26). The van der Waals surface area contributed by atoms with Crippen LogP contribution in [0.15, 0.2) is 10.6 Å². The lowest BCUT2D eigenvalue weighted by atomic mass is 9.93. The van der Waals surface area contributed by atoms with Crippen molar-refractivity contribution in [1.29, 1.82) is 0 Å². The van der Waals surface area contributed by atoms with Crippen molar-refractivity contribution in [3.63, 3.8) is 0 Å². The van der Waals surface area contributed by atoms with Gasteiger partial charge in [0.25, 0.3) is 0 Å². The molecule has 0 saturated carbocycles. The summed E-state index contributed by atoms with van der Waals surface area (Å²) >= 11 is 7.01. The average molecular weight is 408 g/mol. The van der Waals surface area contributed by atoms with Crippen molar-refractivity contribution in [3.05, 3.63) is 27.8 Å². The quantitative estimate of drug-likeness (QED) is 0.426. The number of rotatable bonds is 3. The van der Waals surface area contributed by atoms with Gasteiger partial charge in [0.05, 0.1) is 12.7 Å². The van der Waals surface area contributed by atoms with Gasteiger partial charge in [0, 0.05) is 16.4 Å². The van der Waals surface area contributed by atoms with Crippen LogP contribution in [0.3, 0.4) is 0 Å². The van der Waals surface area contributed by atoms with Crippen molar-refractivity contribution in [1.82, 2.24) is 5.16 Å². The maximum atomic E-state index is 12.4. The molecule has 8 heteroatoms. The Kier molecular flexibility index (Phi) is 5.86. The number of thiophene rings is 1. The van der Waals surface area contributed by atoms with Crippen LogP contribution in [-0.4, -0.2) is 23.3 Å². The van der Waals surface area contributed by atoms with E-state index in [2.05, 4.69) is 36.6 Å². The highest BCUT2D eigenvalue weighted by Crippen LogP contribution is 2.38. The van der Waals surface area contributed by atoms with Gasteiger partial charge in [0.1, 0.15) is 10.8 Å². The predicted octanol–water partition coefficient (Wildman–Crippen LogP) is 4.90. The topological polar surface area (TPSA) is 76.4 Å². The van der Waals surface area contributed by atoms with Crippen LogP contribution in [0.2, 0.25) is 0 Å². The SMILES string of the molecule is COC(=O)c1c(NC(=S)Nc2cc(C(C)(C)C)on2)sc2c1CCCCC2. The molecule has 2 N–H and O–H groups in total. The maximum Gasteiger partial charge on any atom is 0.341 e. The molecule has 1 aliphatic rings. The Bertz CT molecular complexity index is 849. The van der Waals surface area contributed by atoms with Crippen molar-refractivity contribution in [3.8, 4) is 0 Å². The summed E-state index contributed by atoms with van der Waals surface area (Å²) in [5.74, 6) is 0.984. The van der Waals surface area contributed by atoms with Gasteiger partial charge in [-0.2, -0.15) is 0 Å². The van der Waals surface area contributed by atoms with Crippen molar-refractivity contribution in [2.24, 2.45) is 0 Å². The van der Waals surface area contributed by atoms with E-state index in [-0.39, 0.29) is 11.4 Å². The highest BCUT2D eigenvalue weighted by atomic mass is 32.1. The Morgan fingerprint density at radius 2 is 2.00 bits per heavy atom. The third-order valence-corrected chi connectivity index (χ3v) is 5.94. The van der Waals surface area contributed by atoms with Gasteiger partial charge in [-0.15, -0.1) is 11.3 Å². The largest absolute Gasteiger partial charge is 0.465 e. The first-order valence-corrected chi connectivity index (χ1v) is 10.3. The number of hydrogen-bond donors (Lipinski definition) is 2. The summed E-state index contributed by atoms with van der Waals surface area (Å²) in [5.41, 5.74) is 1.58. The number of nitrogens with zero attached hydrogens (tertiary/aromatic N) is 1. The van der Waals surface area contributed by atoms with Crippen molar-refractivity contribution >= 4 is 45.5 Å². The van der Waals surface area contributed by atoms with E-state index in [9.17, 15) is 4.79 Å². The van der Waals surface area contributed by atoms with Gasteiger partial charge in [0.15, 0.2) is 10.9 Å². The number of carbonyl (C=O) groups excluding carboxylic acids is 1. The van der Waals surface area contributed by atoms with E-state index in [0.717, 1.165) is 42.0 Å². The van der Waals surface area contributed by atoms with Gasteiger partial charge in [-0.05, 0) is 43.5 Å². The first kappa shape index (κ1) is 19.8. The molecule has 146 valence electrons. The molecule has 0 aliphatic heterocycles. The fraction of sp³-hybridized carbons (Fsp3) is 0.526. The number of fused-ring (bicyclic) bond motifs is 1. The summed E-state index contributed by atoms with van der Waals surface area (Å²) in [4.78, 5) is 13.6. The van der Waals surface area contributed by atoms with E-state index in [1.54, 1.807) is 11.3 Å². The van der Waals surface area contributed by atoms with Crippen molar-refractivity contribution in [2.75, 3.05) is 17.7 Å². The lowest BCUT2D eigenvalue weighted by molar-refractivity contribution is 0.0601. The van der Waals surface area contributed by atoms with E-state index < -0.39 is 0 Å². The normalized spacial score (nSPS) is 14.2.